The monoisotopic (exact) mass is 283 g/mol. The lowest BCUT2D eigenvalue weighted by molar-refractivity contribution is -0.144. The maximum atomic E-state index is 10.9. The molecule has 0 bridgehead atoms. The van der Waals surface area contributed by atoms with Crippen molar-refractivity contribution in [1.29, 1.82) is 0 Å². The molecular formula is C14H21NO3S. The first-order valence-corrected chi connectivity index (χ1v) is 7.60. The van der Waals surface area contributed by atoms with E-state index in [1.807, 2.05) is 11.4 Å². The Kier molecular flexibility index (Phi) is 4.60. The van der Waals surface area contributed by atoms with Crippen LogP contribution in [0.25, 0.3) is 0 Å². The fourth-order valence-corrected chi connectivity index (χ4v) is 3.32. The summed E-state index contributed by atoms with van der Waals surface area (Å²) < 4.78 is 0. The molecule has 1 aromatic heterocycles. The first-order valence-electron chi connectivity index (χ1n) is 6.72. The Labute approximate surface area is 117 Å². The van der Waals surface area contributed by atoms with Gasteiger partial charge < -0.3 is 15.5 Å². The Balaban J connectivity index is 1.81. The average molecular weight is 283 g/mol. The Morgan fingerprint density at radius 2 is 2.26 bits per heavy atom. The Morgan fingerprint density at radius 3 is 2.79 bits per heavy atom. The van der Waals surface area contributed by atoms with Gasteiger partial charge in [0.25, 0.3) is 0 Å². The molecule has 1 aliphatic carbocycles. The molecule has 106 valence electrons. The Morgan fingerprint density at radius 1 is 1.58 bits per heavy atom. The van der Waals surface area contributed by atoms with Crippen LogP contribution in [-0.4, -0.2) is 28.3 Å². The summed E-state index contributed by atoms with van der Waals surface area (Å²) in [7, 11) is 0. The largest absolute Gasteiger partial charge is 0.481 e. The fraction of sp³-hybridized carbons (Fsp3) is 0.643. The minimum absolute atomic E-state index is 0.223. The topological polar surface area (TPSA) is 69.6 Å². The number of carbonyl (C=O) groups is 1. The molecule has 0 amide bonds. The van der Waals surface area contributed by atoms with Crippen molar-refractivity contribution in [3.05, 3.63) is 22.4 Å². The van der Waals surface area contributed by atoms with Gasteiger partial charge >= 0.3 is 5.97 Å². The van der Waals surface area contributed by atoms with Gasteiger partial charge in [-0.05, 0) is 44.1 Å². The molecule has 0 saturated heterocycles. The van der Waals surface area contributed by atoms with E-state index in [4.69, 9.17) is 5.11 Å². The van der Waals surface area contributed by atoms with Crippen molar-refractivity contribution < 1.29 is 15.0 Å². The van der Waals surface area contributed by atoms with Gasteiger partial charge in [-0.1, -0.05) is 6.07 Å². The molecule has 0 aliphatic heterocycles. The molecule has 3 N–H and O–H groups in total. The van der Waals surface area contributed by atoms with Crippen LogP contribution in [0, 0.1) is 5.92 Å². The highest BCUT2D eigenvalue weighted by Gasteiger charge is 2.35. The van der Waals surface area contributed by atoms with Crippen molar-refractivity contribution in [3.8, 4) is 0 Å². The van der Waals surface area contributed by atoms with Gasteiger partial charge in [0.1, 0.15) is 0 Å². The van der Waals surface area contributed by atoms with Gasteiger partial charge in [-0.15, -0.1) is 11.3 Å². The lowest BCUT2D eigenvalue weighted by Crippen LogP contribution is -2.45. The predicted molar refractivity (Wildman–Crippen MR) is 75.3 cm³/mol. The number of carboxylic acid groups (broad SMARTS) is 1. The number of aliphatic carboxylic acids is 1. The third kappa shape index (κ3) is 3.78. The van der Waals surface area contributed by atoms with Crippen molar-refractivity contribution in [2.24, 2.45) is 5.92 Å². The first-order chi connectivity index (χ1) is 9.00. The smallest absolute Gasteiger partial charge is 0.306 e. The van der Waals surface area contributed by atoms with Gasteiger partial charge in [-0.25, -0.2) is 0 Å². The second-order valence-corrected chi connectivity index (χ2v) is 6.43. The summed E-state index contributed by atoms with van der Waals surface area (Å²) in [6, 6.07) is 4.32. The van der Waals surface area contributed by atoms with E-state index < -0.39 is 11.6 Å². The molecule has 1 aliphatic rings. The summed E-state index contributed by atoms with van der Waals surface area (Å²) in [6.45, 7) is 2.61. The summed E-state index contributed by atoms with van der Waals surface area (Å²) in [5, 5.41) is 24.8. The van der Waals surface area contributed by atoms with E-state index in [9.17, 15) is 9.90 Å². The summed E-state index contributed by atoms with van der Waals surface area (Å²) in [4.78, 5) is 12.1. The third-order valence-electron chi connectivity index (χ3n) is 3.97. The molecule has 0 spiro atoms. The van der Waals surface area contributed by atoms with Gasteiger partial charge in [0.2, 0.25) is 0 Å². The SMILES string of the molecule is C[C@@H](NCC1(O)CCC(C(=O)O)CC1)c1cccs1. The molecule has 1 saturated carbocycles. The van der Waals surface area contributed by atoms with Gasteiger partial charge in [0, 0.05) is 17.5 Å². The lowest BCUT2D eigenvalue weighted by Gasteiger charge is -2.35. The van der Waals surface area contributed by atoms with Crippen LogP contribution in [0.5, 0.6) is 0 Å². The van der Waals surface area contributed by atoms with Gasteiger partial charge in [0.15, 0.2) is 0 Å². The van der Waals surface area contributed by atoms with Crippen molar-refractivity contribution in [2.45, 2.75) is 44.2 Å². The molecular weight excluding hydrogens is 262 g/mol. The molecule has 5 heteroatoms. The Bertz CT molecular complexity index is 410. The second-order valence-electron chi connectivity index (χ2n) is 5.45. The highest BCUT2D eigenvalue weighted by molar-refractivity contribution is 7.10. The Hall–Kier alpha value is -0.910. The maximum Gasteiger partial charge on any atom is 0.306 e. The highest BCUT2D eigenvalue weighted by Crippen LogP contribution is 2.32. The summed E-state index contributed by atoms with van der Waals surface area (Å²) in [5.74, 6) is -1.02. The number of rotatable bonds is 5. The summed E-state index contributed by atoms with van der Waals surface area (Å²) in [6.07, 6.45) is 2.27. The molecule has 4 nitrogen and oxygen atoms in total. The summed E-state index contributed by atoms with van der Waals surface area (Å²) >= 11 is 1.70. The van der Waals surface area contributed by atoms with E-state index in [2.05, 4.69) is 18.3 Å². The number of hydrogen-bond donors (Lipinski definition) is 3. The highest BCUT2D eigenvalue weighted by atomic mass is 32.1. The van der Waals surface area contributed by atoms with Crippen molar-refractivity contribution in [2.75, 3.05) is 6.54 Å². The molecule has 1 fully saturated rings. The van der Waals surface area contributed by atoms with E-state index in [0.29, 0.717) is 32.2 Å². The average Bonchev–Trinajstić information content (AvgIpc) is 2.90. The normalized spacial score (nSPS) is 29.1. The van der Waals surface area contributed by atoms with E-state index in [0.717, 1.165) is 0 Å². The maximum absolute atomic E-state index is 10.9. The van der Waals surface area contributed by atoms with Crippen molar-refractivity contribution in [3.63, 3.8) is 0 Å². The fourth-order valence-electron chi connectivity index (χ4n) is 2.56. The van der Waals surface area contributed by atoms with E-state index in [1.165, 1.54) is 4.88 Å². The number of aliphatic hydroxyl groups is 1. The molecule has 1 atom stereocenters. The number of nitrogens with one attached hydrogen (secondary N) is 1. The zero-order valence-electron chi connectivity index (χ0n) is 11.1. The lowest BCUT2D eigenvalue weighted by atomic mass is 9.78. The van der Waals surface area contributed by atoms with Gasteiger partial charge in [0.05, 0.1) is 11.5 Å². The standard InChI is InChI=1S/C14H21NO3S/c1-10(12-3-2-8-19-12)15-9-14(18)6-4-11(5-7-14)13(16)17/h2-3,8,10-11,15,18H,4-7,9H2,1H3,(H,16,17)/t10-,11?,14?/m1/s1. The van der Waals surface area contributed by atoms with E-state index in [1.54, 1.807) is 11.3 Å². The van der Waals surface area contributed by atoms with Crippen LogP contribution in [0.3, 0.4) is 0 Å². The minimum atomic E-state index is -0.753. The van der Waals surface area contributed by atoms with Crippen molar-refractivity contribution >= 4 is 17.3 Å². The van der Waals surface area contributed by atoms with Gasteiger partial charge in [-0.2, -0.15) is 0 Å². The quantitative estimate of drug-likeness (QED) is 0.776. The number of hydrogen-bond acceptors (Lipinski definition) is 4. The molecule has 1 aromatic rings. The van der Waals surface area contributed by atoms with Crippen LogP contribution in [0.2, 0.25) is 0 Å². The zero-order valence-corrected chi connectivity index (χ0v) is 11.9. The van der Waals surface area contributed by atoms with E-state index in [-0.39, 0.29) is 12.0 Å². The molecule has 0 aromatic carbocycles. The van der Waals surface area contributed by atoms with Crippen LogP contribution in [-0.2, 0) is 4.79 Å². The zero-order chi connectivity index (χ0) is 13.9. The van der Waals surface area contributed by atoms with Crippen molar-refractivity contribution in [1.82, 2.24) is 5.32 Å². The molecule has 1 heterocycles. The third-order valence-corrected chi connectivity index (χ3v) is 5.03. The number of thiophene rings is 1. The first kappa shape index (κ1) is 14.5. The van der Waals surface area contributed by atoms with Gasteiger partial charge in [-0.3, -0.25) is 4.79 Å². The number of carboxylic acids is 1. The second kappa shape index (κ2) is 6.03. The minimum Gasteiger partial charge on any atom is -0.481 e. The molecule has 19 heavy (non-hydrogen) atoms. The van der Waals surface area contributed by atoms with Crippen LogP contribution >= 0.6 is 11.3 Å². The van der Waals surface area contributed by atoms with Crippen LogP contribution in [0.15, 0.2) is 17.5 Å². The summed E-state index contributed by atoms with van der Waals surface area (Å²) in [5.41, 5.74) is -0.753. The molecule has 0 radical (unpaired) electrons. The van der Waals surface area contributed by atoms with Crippen LogP contribution < -0.4 is 5.32 Å². The molecule has 0 unspecified atom stereocenters. The van der Waals surface area contributed by atoms with Crippen LogP contribution in [0.4, 0.5) is 0 Å². The predicted octanol–water partition coefficient (Wildman–Crippen LogP) is 2.40. The molecule has 2 rings (SSSR count). The van der Waals surface area contributed by atoms with E-state index >= 15 is 0 Å². The van der Waals surface area contributed by atoms with Crippen LogP contribution in [0.1, 0.15) is 43.5 Å².